The van der Waals surface area contributed by atoms with Crippen LogP contribution in [0, 0.1) is 0 Å². The summed E-state index contributed by atoms with van der Waals surface area (Å²) < 4.78 is 0. The van der Waals surface area contributed by atoms with Crippen molar-refractivity contribution in [1.82, 2.24) is 10.2 Å². The summed E-state index contributed by atoms with van der Waals surface area (Å²) in [6, 6.07) is 10.4. The topological polar surface area (TPSA) is 58.4 Å². The Morgan fingerprint density at radius 1 is 1.37 bits per heavy atom. The number of carbonyl (C=O) groups excluding carboxylic acids is 1. The fourth-order valence-corrected chi connectivity index (χ4v) is 2.55. The largest absolute Gasteiger partial charge is 0.355 e. The Bertz CT molecular complexity index is 399. The van der Waals surface area contributed by atoms with Gasteiger partial charge in [-0.05, 0) is 12.5 Å². The fourth-order valence-electron chi connectivity index (χ4n) is 2.55. The lowest BCUT2D eigenvalue weighted by Crippen LogP contribution is -2.37. The molecule has 1 aliphatic heterocycles. The summed E-state index contributed by atoms with van der Waals surface area (Å²) in [5, 5.41) is 2.82. The molecule has 0 unspecified atom stereocenters. The number of hydrogen-bond acceptors (Lipinski definition) is 3. The zero-order valence-corrected chi connectivity index (χ0v) is 12.0. The summed E-state index contributed by atoms with van der Waals surface area (Å²) in [4.78, 5) is 13.7. The van der Waals surface area contributed by atoms with Crippen molar-refractivity contribution in [3.63, 3.8) is 0 Å². The maximum atomic E-state index is 11.6. The van der Waals surface area contributed by atoms with Gasteiger partial charge in [0.05, 0.1) is 6.54 Å². The minimum absolute atomic E-state index is 0. The molecular formula is C14H22ClN3O. The summed E-state index contributed by atoms with van der Waals surface area (Å²) in [6.07, 6.45) is 0. The minimum Gasteiger partial charge on any atom is -0.355 e. The van der Waals surface area contributed by atoms with Crippen LogP contribution in [0.3, 0.4) is 0 Å². The molecule has 1 aliphatic rings. The maximum absolute atomic E-state index is 11.6. The number of amides is 1. The molecule has 0 aromatic heterocycles. The van der Waals surface area contributed by atoms with Crippen molar-refractivity contribution in [2.45, 2.75) is 18.9 Å². The van der Waals surface area contributed by atoms with E-state index >= 15 is 0 Å². The van der Waals surface area contributed by atoms with E-state index in [1.165, 1.54) is 5.56 Å². The quantitative estimate of drug-likeness (QED) is 0.866. The predicted octanol–water partition coefficient (Wildman–Crippen LogP) is 0.971. The van der Waals surface area contributed by atoms with E-state index in [1.54, 1.807) is 0 Å². The van der Waals surface area contributed by atoms with Crippen molar-refractivity contribution in [2.24, 2.45) is 5.73 Å². The van der Waals surface area contributed by atoms with Crippen LogP contribution in [0.25, 0.3) is 0 Å². The third-order valence-corrected chi connectivity index (χ3v) is 3.41. The third kappa shape index (κ3) is 4.20. The Kier molecular flexibility index (Phi) is 6.28. The lowest BCUT2D eigenvalue weighted by Gasteiger charge is -2.15. The van der Waals surface area contributed by atoms with E-state index in [4.69, 9.17) is 5.73 Å². The average Bonchev–Trinajstić information content (AvgIpc) is 2.71. The van der Waals surface area contributed by atoms with Crippen LogP contribution in [-0.4, -0.2) is 43.0 Å². The molecule has 1 aromatic rings. The van der Waals surface area contributed by atoms with Crippen molar-refractivity contribution in [2.75, 3.05) is 26.2 Å². The number of carbonyl (C=O) groups is 1. The van der Waals surface area contributed by atoms with Crippen molar-refractivity contribution < 1.29 is 4.79 Å². The number of hydrogen-bond donors (Lipinski definition) is 2. The maximum Gasteiger partial charge on any atom is 0.234 e. The number of halogens is 1. The number of benzene rings is 1. The van der Waals surface area contributed by atoms with Gasteiger partial charge in [-0.3, -0.25) is 9.69 Å². The molecule has 2 atom stereocenters. The van der Waals surface area contributed by atoms with Crippen LogP contribution in [-0.2, 0) is 4.79 Å². The van der Waals surface area contributed by atoms with Gasteiger partial charge in [-0.15, -0.1) is 12.4 Å². The molecule has 0 radical (unpaired) electrons. The van der Waals surface area contributed by atoms with E-state index in [0.717, 1.165) is 13.1 Å². The Balaban J connectivity index is 0.00000180. The van der Waals surface area contributed by atoms with Gasteiger partial charge in [0, 0.05) is 31.6 Å². The number of nitrogens with zero attached hydrogens (tertiary/aromatic N) is 1. The van der Waals surface area contributed by atoms with Crippen LogP contribution in [0.2, 0.25) is 0 Å². The van der Waals surface area contributed by atoms with Gasteiger partial charge in [-0.2, -0.15) is 0 Å². The first-order valence-electron chi connectivity index (χ1n) is 6.50. The molecule has 2 rings (SSSR count). The summed E-state index contributed by atoms with van der Waals surface area (Å²) in [7, 11) is 0. The number of likely N-dealkylation sites (N-methyl/N-ethyl adjacent to an activating group) is 1. The Morgan fingerprint density at radius 3 is 2.68 bits per heavy atom. The van der Waals surface area contributed by atoms with Crippen LogP contribution in [0.1, 0.15) is 18.4 Å². The van der Waals surface area contributed by atoms with E-state index in [2.05, 4.69) is 22.3 Å². The molecule has 3 N–H and O–H groups in total. The predicted molar refractivity (Wildman–Crippen MR) is 79.5 cm³/mol. The van der Waals surface area contributed by atoms with E-state index in [-0.39, 0.29) is 24.4 Å². The summed E-state index contributed by atoms with van der Waals surface area (Å²) in [6.45, 7) is 4.71. The molecule has 5 heteroatoms. The smallest absolute Gasteiger partial charge is 0.234 e. The normalized spacial score (nSPS) is 22.8. The van der Waals surface area contributed by atoms with Gasteiger partial charge in [0.15, 0.2) is 0 Å². The Morgan fingerprint density at radius 2 is 2.05 bits per heavy atom. The van der Waals surface area contributed by atoms with Crippen molar-refractivity contribution in [1.29, 1.82) is 0 Å². The molecule has 0 spiro atoms. The molecule has 1 heterocycles. The average molecular weight is 284 g/mol. The van der Waals surface area contributed by atoms with Gasteiger partial charge in [0.1, 0.15) is 0 Å². The van der Waals surface area contributed by atoms with Crippen LogP contribution < -0.4 is 11.1 Å². The Labute approximate surface area is 120 Å². The first kappa shape index (κ1) is 16.0. The minimum atomic E-state index is 0. The van der Waals surface area contributed by atoms with E-state index in [9.17, 15) is 4.79 Å². The fraction of sp³-hybridized carbons (Fsp3) is 0.500. The van der Waals surface area contributed by atoms with E-state index in [0.29, 0.717) is 19.0 Å². The van der Waals surface area contributed by atoms with Gasteiger partial charge in [0.2, 0.25) is 5.91 Å². The van der Waals surface area contributed by atoms with Crippen molar-refractivity contribution in [3.8, 4) is 0 Å². The monoisotopic (exact) mass is 283 g/mol. The van der Waals surface area contributed by atoms with Gasteiger partial charge in [-0.25, -0.2) is 0 Å². The summed E-state index contributed by atoms with van der Waals surface area (Å²) >= 11 is 0. The zero-order chi connectivity index (χ0) is 13.0. The molecule has 1 amide bonds. The number of likely N-dealkylation sites (tertiary alicyclic amines) is 1. The molecule has 1 fully saturated rings. The lowest BCUT2D eigenvalue weighted by molar-refractivity contribution is -0.121. The molecule has 106 valence electrons. The van der Waals surface area contributed by atoms with Crippen LogP contribution in [0.5, 0.6) is 0 Å². The zero-order valence-electron chi connectivity index (χ0n) is 11.2. The Hall–Kier alpha value is -1.10. The lowest BCUT2D eigenvalue weighted by atomic mass is 9.95. The first-order valence-corrected chi connectivity index (χ1v) is 6.50. The molecule has 0 bridgehead atoms. The molecule has 0 aliphatic carbocycles. The molecule has 4 nitrogen and oxygen atoms in total. The SMILES string of the molecule is CCNC(=O)CN1C[C@@H](N)[C@H](c2ccccc2)C1.Cl. The number of rotatable bonds is 4. The standard InChI is InChI=1S/C14H21N3O.ClH/c1-2-16-14(18)10-17-8-12(13(15)9-17)11-6-4-3-5-7-11;/h3-7,12-13H,2,8-10,15H2,1H3,(H,16,18);1H/t12-,13+;/m0./s1. The summed E-state index contributed by atoms with van der Waals surface area (Å²) in [5.74, 6) is 0.416. The second-order valence-electron chi connectivity index (χ2n) is 4.83. The molecule has 1 aromatic carbocycles. The molecule has 0 saturated carbocycles. The summed E-state index contributed by atoms with van der Waals surface area (Å²) in [5.41, 5.74) is 7.44. The van der Waals surface area contributed by atoms with Gasteiger partial charge in [0.25, 0.3) is 0 Å². The highest BCUT2D eigenvalue weighted by Crippen LogP contribution is 2.25. The van der Waals surface area contributed by atoms with Crippen LogP contribution in [0.15, 0.2) is 30.3 Å². The highest BCUT2D eigenvalue weighted by molar-refractivity contribution is 5.85. The van der Waals surface area contributed by atoms with E-state index < -0.39 is 0 Å². The van der Waals surface area contributed by atoms with Gasteiger partial charge >= 0.3 is 0 Å². The van der Waals surface area contributed by atoms with Gasteiger partial charge in [-0.1, -0.05) is 30.3 Å². The highest BCUT2D eigenvalue weighted by atomic mass is 35.5. The number of nitrogens with two attached hydrogens (primary N) is 1. The van der Waals surface area contributed by atoms with Crippen LogP contribution >= 0.6 is 12.4 Å². The number of nitrogens with one attached hydrogen (secondary N) is 1. The highest BCUT2D eigenvalue weighted by Gasteiger charge is 2.31. The second-order valence-corrected chi connectivity index (χ2v) is 4.83. The van der Waals surface area contributed by atoms with Crippen LogP contribution in [0.4, 0.5) is 0 Å². The van der Waals surface area contributed by atoms with Gasteiger partial charge < -0.3 is 11.1 Å². The van der Waals surface area contributed by atoms with Crippen molar-refractivity contribution in [3.05, 3.63) is 35.9 Å². The van der Waals surface area contributed by atoms with E-state index in [1.807, 2.05) is 25.1 Å². The second kappa shape index (κ2) is 7.48. The molecular weight excluding hydrogens is 262 g/mol. The third-order valence-electron chi connectivity index (χ3n) is 3.41. The first-order chi connectivity index (χ1) is 8.70. The molecule has 19 heavy (non-hydrogen) atoms. The molecule has 1 saturated heterocycles. The van der Waals surface area contributed by atoms with Crippen molar-refractivity contribution >= 4 is 18.3 Å².